The predicted molar refractivity (Wildman–Crippen MR) is 89.6 cm³/mol. The van der Waals surface area contributed by atoms with Gasteiger partial charge in [0.1, 0.15) is 0 Å². The second-order valence-corrected chi connectivity index (χ2v) is 4.98. The molecular weight excluding hydrogens is 308 g/mol. The Labute approximate surface area is 139 Å². The summed E-state index contributed by atoms with van der Waals surface area (Å²) in [6, 6.07) is 15.9. The van der Waals surface area contributed by atoms with Crippen LogP contribution in [0.5, 0.6) is 0 Å². The summed E-state index contributed by atoms with van der Waals surface area (Å²) in [5.74, 6) is -2.18. The smallest absolute Gasteiger partial charge is 0.339 e. The highest BCUT2D eigenvalue weighted by molar-refractivity contribution is 6.40. The van der Waals surface area contributed by atoms with E-state index < -0.39 is 17.8 Å². The highest BCUT2D eigenvalue weighted by atomic mass is 16.5. The van der Waals surface area contributed by atoms with Crippen molar-refractivity contribution in [3.63, 3.8) is 0 Å². The van der Waals surface area contributed by atoms with Gasteiger partial charge in [0.25, 0.3) is 0 Å². The number of rotatable bonds is 5. The Bertz CT molecular complexity index is 729. The summed E-state index contributed by atoms with van der Waals surface area (Å²) in [5, 5.41) is 4.97. The number of methoxy groups -OCH3 is 1. The molecule has 2 amide bonds. The maximum atomic E-state index is 11.9. The lowest BCUT2D eigenvalue weighted by molar-refractivity contribution is -0.136. The third-order valence-corrected chi connectivity index (χ3v) is 3.33. The number of carbonyl (C=O) groups is 3. The van der Waals surface area contributed by atoms with Gasteiger partial charge in [0.05, 0.1) is 18.4 Å². The molecule has 0 unspecified atom stereocenters. The zero-order chi connectivity index (χ0) is 17.4. The lowest BCUT2D eigenvalue weighted by atomic mass is 10.1. The quantitative estimate of drug-likeness (QED) is 0.648. The first-order valence-electron chi connectivity index (χ1n) is 7.42. The number of ether oxygens (including phenoxy) is 1. The van der Waals surface area contributed by atoms with Crippen molar-refractivity contribution in [2.24, 2.45) is 0 Å². The van der Waals surface area contributed by atoms with Gasteiger partial charge in [-0.2, -0.15) is 0 Å². The van der Waals surface area contributed by atoms with Crippen molar-refractivity contribution >= 4 is 23.5 Å². The number of amides is 2. The molecule has 0 aromatic heterocycles. The average Bonchev–Trinajstić information content (AvgIpc) is 2.62. The molecule has 0 bridgehead atoms. The molecule has 0 aliphatic carbocycles. The second-order valence-electron chi connectivity index (χ2n) is 4.98. The van der Waals surface area contributed by atoms with Gasteiger partial charge >= 0.3 is 17.8 Å². The van der Waals surface area contributed by atoms with E-state index in [1.165, 1.54) is 19.2 Å². The van der Waals surface area contributed by atoms with E-state index in [0.29, 0.717) is 13.0 Å². The summed E-state index contributed by atoms with van der Waals surface area (Å²) in [6.45, 7) is 0.342. The van der Waals surface area contributed by atoms with Crippen LogP contribution in [0.4, 0.5) is 5.69 Å². The van der Waals surface area contributed by atoms with Gasteiger partial charge in [-0.3, -0.25) is 9.59 Å². The molecule has 24 heavy (non-hydrogen) atoms. The molecule has 0 saturated heterocycles. The minimum atomic E-state index is -0.834. The van der Waals surface area contributed by atoms with E-state index in [-0.39, 0.29) is 11.3 Å². The highest BCUT2D eigenvalue weighted by Gasteiger charge is 2.17. The van der Waals surface area contributed by atoms with E-state index in [4.69, 9.17) is 0 Å². The first-order valence-corrected chi connectivity index (χ1v) is 7.42. The SMILES string of the molecule is COC(=O)c1ccccc1NC(=O)C(=O)NCCc1ccccc1. The summed E-state index contributed by atoms with van der Waals surface area (Å²) in [6.07, 6.45) is 0.624. The molecule has 0 saturated carbocycles. The molecule has 2 aromatic carbocycles. The monoisotopic (exact) mass is 326 g/mol. The van der Waals surface area contributed by atoms with Crippen LogP contribution in [-0.4, -0.2) is 31.4 Å². The van der Waals surface area contributed by atoms with Gasteiger partial charge in [-0.25, -0.2) is 4.79 Å². The Morgan fingerprint density at radius 3 is 2.29 bits per heavy atom. The fraction of sp³-hybridized carbons (Fsp3) is 0.167. The minimum Gasteiger partial charge on any atom is -0.465 e. The van der Waals surface area contributed by atoms with Crippen LogP contribution >= 0.6 is 0 Å². The summed E-state index contributed by atoms with van der Waals surface area (Å²) in [5.41, 5.74) is 1.48. The molecule has 0 radical (unpaired) electrons. The number of carbonyl (C=O) groups excluding carboxylic acids is 3. The zero-order valence-electron chi connectivity index (χ0n) is 13.2. The molecular formula is C18H18N2O4. The molecule has 0 heterocycles. The summed E-state index contributed by atoms with van der Waals surface area (Å²) < 4.78 is 4.64. The molecule has 6 heteroatoms. The Morgan fingerprint density at radius 1 is 0.917 bits per heavy atom. The van der Waals surface area contributed by atoms with Crippen LogP contribution in [-0.2, 0) is 20.7 Å². The van der Waals surface area contributed by atoms with Gasteiger partial charge in [0, 0.05) is 6.54 Å². The normalized spacial score (nSPS) is 9.88. The second kappa shape index (κ2) is 8.47. The van der Waals surface area contributed by atoms with Gasteiger partial charge in [0.15, 0.2) is 0 Å². The van der Waals surface area contributed by atoms with E-state index in [1.54, 1.807) is 12.1 Å². The maximum Gasteiger partial charge on any atom is 0.339 e. The van der Waals surface area contributed by atoms with Crippen LogP contribution in [0.15, 0.2) is 54.6 Å². The number of anilines is 1. The largest absolute Gasteiger partial charge is 0.465 e. The van der Waals surface area contributed by atoms with Gasteiger partial charge in [-0.15, -0.1) is 0 Å². The van der Waals surface area contributed by atoms with Crippen molar-refractivity contribution < 1.29 is 19.1 Å². The van der Waals surface area contributed by atoms with Crippen LogP contribution in [0.2, 0.25) is 0 Å². The topological polar surface area (TPSA) is 84.5 Å². The standard InChI is InChI=1S/C18H18N2O4/c1-24-18(23)14-9-5-6-10-15(14)20-17(22)16(21)19-12-11-13-7-3-2-4-8-13/h2-10H,11-12H2,1H3,(H,19,21)(H,20,22). The van der Waals surface area contributed by atoms with Gasteiger partial charge in [-0.1, -0.05) is 42.5 Å². The maximum absolute atomic E-state index is 11.9. The Hall–Kier alpha value is -3.15. The van der Waals surface area contributed by atoms with Crippen molar-refractivity contribution in [1.82, 2.24) is 5.32 Å². The van der Waals surface area contributed by atoms with Gasteiger partial charge in [0.2, 0.25) is 0 Å². The van der Waals surface area contributed by atoms with E-state index in [1.807, 2.05) is 30.3 Å². The van der Waals surface area contributed by atoms with E-state index in [0.717, 1.165) is 5.56 Å². The number of hydrogen-bond acceptors (Lipinski definition) is 4. The predicted octanol–water partition coefficient (Wildman–Crippen LogP) is 1.77. The lowest BCUT2D eigenvalue weighted by Gasteiger charge is -2.09. The highest BCUT2D eigenvalue weighted by Crippen LogP contribution is 2.15. The molecule has 2 N–H and O–H groups in total. The fourth-order valence-corrected chi connectivity index (χ4v) is 2.10. The van der Waals surface area contributed by atoms with E-state index in [2.05, 4.69) is 15.4 Å². The first kappa shape index (κ1) is 17.2. The summed E-state index contributed by atoms with van der Waals surface area (Å²) in [4.78, 5) is 35.4. The zero-order valence-corrected chi connectivity index (χ0v) is 13.2. The molecule has 0 aliphatic rings. The molecule has 0 aliphatic heterocycles. The van der Waals surface area contributed by atoms with Gasteiger partial charge < -0.3 is 15.4 Å². The van der Waals surface area contributed by atoms with Crippen molar-refractivity contribution in [2.45, 2.75) is 6.42 Å². The van der Waals surface area contributed by atoms with Crippen molar-refractivity contribution in [3.8, 4) is 0 Å². The van der Waals surface area contributed by atoms with Crippen LogP contribution in [0, 0.1) is 0 Å². The molecule has 124 valence electrons. The summed E-state index contributed by atoms with van der Waals surface area (Å²) >= 11 is 0. The van der Waals surface area contributed by atoms with Crippen molar-refractivity contribution in [3.05, 3.63) is 65.7 Å². The first-order chi connectivity index (χ1) is 11.6. The number of esters is 1. The van der Waals surface area contributed by atoms with E-state index in [9.17, 15) is 14.4 Å². The van der Waals surface area contributed by atoms with Crippen molar-refractivity contribution in [1.29, 1.82) is 0 Å². The fourth-order valence-electron chi connectivity index (χ4n) is 2.10. The van der Waals surface area contributed by atoms with Gasteiger partial charge in [-0.05, 0) is 24.1 Å². The minimum absolute atomic E-state index is 0.186. The average molecular weight is 326 g/mol. The van der Waals surface area contributed by atoms with Crippen LogP contribution < -0.4 is 10.6 Å². The van der Waals surface area contributed by atoms with Crippen LogP contribution in [0.3, 0.4) is 0 Å². The summed E-state index contributed by atoms with van der Waals surface area (Å²) in [7, 11) is 1.25. The van der Waals surface area contributed by atoms with Crippen LogP contribution in [0.1, 0.15) is 15.9 Å². The molecule has 2 rings (SSSR count). The third kappa shape index (κ3) is 4.67. The van der Waals surface area contributed by atoms with Crippen molar-refractivity contribution in [2.75, 3.05) is 19.0 Å². The molecule has 6 nitrogen and oxygen atoms in total. The molecule has 2 aromatic rings. The number of nitrogens with one attached hydrogen (secondary N) is 2. The number of para-hydroxylation sites is 1. The number of hydrogen-bond donors (Lipinski definition) is 2. The Balaban J connectivity index is 1.90. The van der Waals surface area contributed by atoms with Crippen LogP contribution in [0.25, 0.3) is 0 Å². The van der Waals surface area contributed by atoms with E-state index >= 15 is 0 Å². The number of benzene rings is 2. The third-order valence-electron chi connectivity index (χ3n) is 3.33. The lowest BCUT2D eigenvalue weighted by Crippen LogP contribution is -2.36. The Morgan fingerprint density at radius 2 is 1.58 bits per heavy atom. The Kier molecular flexibility index (Phi) is 6.08. The molecule has 0 fully saturated rings. The molecule has 0 spiro atoms. The molecule has 0 atom stereocenters.